The van der Waals surface area contributed by atoms with Crippen LogP contribution in [0.1, 0.15) is 18.1 Å². The van der Waals surface area contributed by atoms with Gasteiger partial charge in [0.1, 0.15) is 5.75 Å². The van der Waals surface area contributed by atoms with E-state index in [1.54, 1.807) is 24.0 Å². The molecule has 11 heteroatoms. The molecule has 0 saturated carbocycles. The van der Waals surface area contributed by atoms with Gasteiger partial charge in [-0.15, -0.1) is 0 Å². The fourth-order valence-electron chi connectivity index (χ4n) is 3.71. The van der Waals surface area contributed by atoms with Gasteiger partial charge in [0.2, 0.25) is 15.9 Å². The zero-order valence-electron chi connectivity index (χ0n) is 18.5. The quantitative estimate of drug-likeness (QED) is 0.681. The minimum absolute atomic E-state index is 0.0230. The summed E-state index contributed by atoms with van der Waals surface area (Å²) in [6.07, 6.45) is -4.43. The van der Waals surface area contributed by atoms with E-state index in [0.29, 0.717) is 30.1 Å². The molecule has 1 atom stereocenters. The largest absolute Gasteiger partial charge is 0.496 e. The number of ether oxygens (including phenoxy) is 1. The first-order valence-electron chi connectivity index (χ1n) is 10.3. The van der Waals surface area contributed by atoms with Crippen molar-refractivity contribution in [2.24, 2.45) is 0 Å². The van der Waals surface area contributed by atoms with Crippen LogP contribution in [0.3, 0.4) is 0 Å². The molecule has 0 unspecified atom stereocenters. The summed E-state index contributed by atoms with van der Waals surface area (Å²) < 4.78 is 71.9. The maximum atomic E-state index is 13.0. The maximum absolute atomic E-state index is 13.0. The van der Waals surface area contributed by atoms with Gasteiger partial charge in [-0.25, -0.2) is 8.42 Å². The van der Waals surface area contributed by atoms with Crippen molar-refractivity contribution in [1.82, 2.24) is 9.62 Å². The molecule has 0 bridgehead atoms. The SMILES string of the molecule is COc1ccc(S(=O)(=O)N[C@@H](C)C(=O)N2CCN(c3cccc(C(F)(F)F)c3)CC2)cc1C. The minimum Gasteiger partial charge on any atom is -0.496 e. The van der Waals surface area contributed by atoms with Gasteiger partial charge in [0, 0.05) is 31.9 Å². The third kappa shape index (κ3) is 5.77. The topological polar surface area (TPSA) is 78.9 Å². The highest BCUT2D eigenvalue weighted by Gasteiger charge is 2.32. The number of nitrogens with one attached hydrogen (secondary N) is 1. The van der Waals surface area contributed by atoms with E-state index in [1.165, 1.54) is 37.1 Å². The monoisotopic (exact) mass is 485 g/mol. The van der Waals surface area contributed by atoms with E-state index < -0.39 is 33.7 Å². The predicted octanol–water partition coefficient (Wildman–Crippen LogP) is 3.04. The third-order valence-electron chi connectivity index (χ3n) is 5.51. The molecule has 1 fully saturated rings. The number of anilines is 1. The summed E-state index contributed by atoms with van der Waals surface area (Å²) in [5.41, 5.74) is 0.348. The molecule has 0 aromatic heterocycles. The predicted molar refractivity (Wildman–Crippen MR) is 118 cm³/mol. The smallest absolute Gasteiger partial charge is 0.416 e. The number of benzene rings is 2. The van der Waals surface area contributed by atoms with Crippen LogP contribution >= 0.6 is 0 Å². The van der Waals surface area contributed by atoms with Crippen LogP contribution in [0, 0.1) is 6.92 Å². The van der Waals surface area contributed by atoms with E-state index in [2.05, 4.69) is 4.72 Å². The fourth-order valence-corrected chi connectivity index (χ4v) is 4.99. The van der Waals surface area contributed by atoms with Gasteiger partial charge < -0.3 is 14.5 Å². The molecular weight excluding hydrogens is 459 g/mol. The Labute approximate surface area is 191 Å². The summed E-state index contributed by atoms with van der Waals surface area (Å²) in [6.45, 7) is 4.39. The summed E-state index contributed by atoms with van der Waals surface area (Å²) in [5.74, 6) is 0.157. The van der Waals surface area contributed by atoms with Crippen molar-refractivity contribution in [2.45, 2.75) is 31.0 Å². The van der Waals surface area contributed by atoms with Crippen molar-refractivity contribution < 1.29 is 31.1 Å². The van der Waals surface area contributed by atoms with E-state index in [4.69, 9.17) is 4.74 Å². The van der Waals surface area contributed by atoms with E-state index >= 15 is 0 Å². The van der Waals surface area contributed by atoms with Gasteiger partial charge in [-0.3, -0.25) is 4.79 Å². The van der Waals surface area contributed by atoms with E-state index in [-0.39, 0.29) is 18.0 Å². The summed E-state index contributed by atoms with van der Waals surface area (Å²) in [4.78, 5) is 16.1. The van der Waals surface area contributed by atoms with E-state index in [1.807, 2.05) is 0 Å². The summed E-state index contributed by atoms with van der Waals surface area (Å²) in [5, 5.41) is 0. The molecule has 33 heavy (non-hydrogen) atoms. The first kappa shape index (κ1) is 24.8. The van der Waals surface area contributed by atoms with Crippen molar-refractivity contribution >= 4 is 21.6 Å². The molecule has 1 aliphatic rings. The van der Waals surface area contributed by atoms with E-state index in [0.717, 1.165) is 12.1 Å². The second kappa shape index (κ2) is 9.60. The number of halogens is 3. The zero-order valence-corrected chi connectivity index (χ0v) is 19.3. The van der Waals surface area contributed by atoms with Crippen LogP contribution in [0.2, 0.25) is 0 Å². The van der Waals surface area contributed by atoms with Crippen molar-refractivity contribution in [3.8, 4) is 5.75 Å². The van der Waals surface area contributed by atoms with Crippen LogP contribution in [0.5, 0.6) is 5.75 Å². The number of carbonyl (C=O) groups excluding carboxylic acids is 1. The molecule has 1 heterocycles. The Balaban J connectivity index is 1.62. The number of hydrogen-bond acceptors (Lipinski definition) is 5. The van der Waals surface area contributed by atoms with Crippen LogP contribution in [-0.4, -0.2) is 58.6 Å². The van der Waals surface area contributed by atoms with Gasteiger partial charge in [0.15, 0.2) is 0 Å². The fraction of sp³-hybridized carbons (Fsp3) is 0.409. The normalized spacial score (nSPS) is 15.9. The van der Waals surface area contributed by atoms with Gasteiger partial charge in [-0.05, 0) is 55.8 Å². The van der Waals surface area contributed by atoms with Crippen LogP contribution in [-0.2, 0) is 21.0 Å². The number of methoxy groups -OCH3 is 1. The average molecular weight is 486 g/mol. The van der Waals surface area contributed by atoms with Crippen molar-refractivity contribution in [2.75, 3.05) is 38.2 Å². The molecular formula is C22H26F3N3O4S. The van der Waals surface area contributed by atoms with Crippen LogP contribution < -0.4 is 14.4 Å². The van der Waals surface area contributed by atoms with Gasteiger partial charge in [-0.1, -0.05) is 6.07 Å². The van der Waals surface area contributed by atoms with E-state index in [9.17, 15) is 26.4 Å². The molecule has 0 aliphatic carbocycles. The summed E-state index contributed by atoms with van der Waals surface area (Å²) in [6, 6.07) is 8.46. The molecule has 7 nitrogen and oxygen atoms in total. The second-order valence-corrected chi connectivity index (χ2v) is 9.55. The standard InChI is InChI=1S/C22H26F3N3O4S/c1-15-13-19(7-8-20(15)32-3)33(30,31)26-16(2)21(29)28-11-9-27(10-12-28)18-6-4-5-17(14-18)22(23,24)25/h4-8,13-14,16,26H,9-12H2,1-3H3/t16-/m0/s1. The first-order chi connectivity index (χ1) is 15.4. The number of amides is 1. The number of aryl methyl sites for hydroxylation is 1. The van der Waals surface area contributed by atoms with Gasteiger partial charge in [0.25, 0.3) is 0 Å². The Morgan fingerprint density at radius 1 is 1.09 bits per heavy atom. The molecule has 2 aromatic rings. The van der Waals surface area contributed by atoms with Crippen LogP contribution in [0.4, 0.5) is 18.9 Å². The highest BCUT2D eigenvalue weighted by atomic mass is 32.2. The second-order valence-electron chi connectivity index (χ2n) is 7.83. The van der Waals surface area contributed by atoms with Gasteiger partial charge >= 0.3 is 6.18 Å². The lowest BCUT2D eigenvalue weighted by Gasteiger charge is -2.37. The third-order valence-corrected chi connectivity index (χ3v) is 7.05. The number of hydrogen-bond donors (Lipinski definition) is 1. The lowest BCUT2D eigenvalue weighted by molar-refractivity contribution is -0.137. The Hall–Kier alpha value is -2.79. The average Bonchev–Trinajstić information content (AvgIpc) is 2.78. The number of rotatable bonds is 6. The molecule has 180 valence electrons. The Morgan fingerprint density at radius 2 is 1.76 bits per heavy atom. The van der Waals surface area contributed by atoms with Crippen molar-refractivity contribution in [3.63, 3.8) is 0 Å². The lowest BCUT2D eigenvalue weighted by Crippen LogP contribution is -2.54. The number of carbonyl (C=O) groups is 1. The van der Waals surface area contributed by atoms with Gasteiger partial charge in [-0.2, -0.15) is 17.9 Å². The first-order valence-corrected chi connectivity index (χ1v) is 11.8. The Bertz CT molecular complexity index is 1110. The molecule has 1 N–H and O–H groups in total. The number of alkyl halides is 3. The highest BCUT2D eigenvalue weighted by Crippen LogP contribution is 2.32. The number of piperazine rings is 1. The van der Waals surface area contributed by atoms with Crippen molar-refractivity contribution in [3.05, 3.63) is 53.6 Å². The number of sulfonamides is 1. The summed E-state index contributed by atoms with van der Waals surface area (Å²) in [7, 11) is -2.44. The summed E-state index contributed by atoms with van der Waals surface area (Å²) >= 11 is 0. The molecule has 0 radical (unpaired) electrons. The van der Waals surface area contributed by atoms with Crippen LogP contribution in [0.15, 0.2) is 47.4 Å². The van der Waals surface area contributed by atoms with Gasteiger partial charge in [0.05, 0.1) is 23.6 Å². The minimum atomic E-state index is -4.43. The van der Waals surface area contributed by atoms with Crippen LogP contribution in [0.25, 0.3) is 0 Å². The molecule has 1 amide bonds. The molecule has 0 spiro atoms. The maximum Gasteiger partial charge on any atom is 0.416 e. The molecule has 1 saturated heterocycles. The number of nitrogens with zero attached hydrogens (tertiary/aromatic N) is 2. The highest BCUT2D eigenvalue weighted by molar-refractivity contribution is 7.89. The molecule has 1 aliphatic heterocycles. The Morgan fingerprint density at radius 3 is 2.33 bits per heavy atom. The lowest BCUT2D eigenvalue weighted by atomic mass is 10.1. The zero-order chi connectivity index (χ0) is 24.4. The molecule has 2 aromatic carbocycles. The molecule has 3 rings (SSSR count). The Kier molecular flexibility index (Phi) is 7.23. The van der Waals surface area contributed by atoms with Crippen molar-refractivity contribution in [1.29, 1.82) is 0 Å².